The molecule has 5 heteroatoms. The lowest BCUT2D eigenvalue weighted by Gasteiger charge is -2.19. The quantitative estimate of drug-likeness (QED) is 0.401. The number of thioether (sulfide) groups is 1. The maximum Gasteiger partial charge on any atom is 0.162 e. The Morgan fingerprint density at radius 2 is 1.72 bits per heavy atom. The summed E-state index contributed by atoms with van der Waals surface area (Å²) in [4.78, 5) is 8.89. The molecule has 1 atom stereocenters. The van der Waals surface area contributed by atoms with Gasteiger partial charge in [0.05, 0.1) is 16.8 Å². The summed E-state index contributed by atoms with van der Waals surface area (Å²) in [5.74, 6) is 0. The molecule has 0 aliphatic carbocycles. The van der Waals surface area contributed by atoms with E-state index in [1.54, 1.807) is 22.8 Å². The molecule has 0 radical (unpaired) electrons. The van der Waals surface area contributed by atoms with E-state index < -0.39 is 0 Å². The highest BCUT2D eigenvalue weighted by Crippen LogP contribution is 2.42. The van der Waals surface area contributed by atoms with Crippen LogP contribution >= 0.6 is 11.8 Å². The minimum Gasteiger partial charge on any atom is -0.250 e. The largest absolute Gasteiger partial charge is 0.250 e. The Balaban J connectivity index is 1.83. The van der Waals surface area contributed by atoms with Gasteiger partial charge in [-0.3, -0.25) is 4.68 Å². The lowest BCUT2D eigenvalue weighted by atomic mass is 10.0. The van der Waals surface area contributed by atoms with Gasteiger partial charge in [0, 0.05) is 7.05 Å². The van der Waals surface area contributed by atoms with Gasteiger partial charge in [0.15, 0.2) is 5.65 Å². The van der Waals surface area contributed by atoms with Gasteiger partial charge in [-0.1, -0.05) is 66.4 Å². The Morgan fingerprint density at radius 3 is 2.52 bits per heavy atom. The fourth-order valence-electron chi connectivity index (χ4n) is 2.97. The average Bonchev–Trinajstić information content (AvgIpc) is 3.03. The van der Waals surface area contributed by atoms with Crippen LogP contribution in [0, 0.1) is 6.92 Å². The van der Waals surface area contributed by atoms with E-state index in [-0.39, 0.29) is 5.25 Å². The molecule has 25 heavy (non-hydrogen) atoms. The van der Waals surface area contributed by atoms with Gasteiger partial charge in [0.2, 0.25) is 0 Å². The second kappa shape index (κ2) is 6.69. The molecular formula is C20H18N4S. The van der Waals surface area contributed by atoms with Crippen LogP contribution in [-0.2, 0) is 7.05 Å². The summed E-state index contributed by atoms with van der Waals surface area (Å²) in [7, 11) is 1.90. The Labute approximate surface area is 150 Å². The van der Waals surface area contributed by atoms with Gasteiger partial charge < -0.3 is 0 Å². The van der Waals surface area contributed by atoms with Crippen LogP contribution in [-0.4, -0.2) is 19.7 Å². The van der Waals surface area contributed by atoms with Gasteiger partial charge in [-0.05, 0) is 23.6 Å². The van der Waals surface area contributed by atoms with Crippen molar-refractivity contribution in [2.75, 3.05) is 0 Å². The first kappa shape index (κ1) is 15.8. The number of rotatable bonds is 4. The van der Waals surface area contributed by atoms with Crippen molar-refractivity contribution in [3.05, 3.63) is 83.8 Å². The summed E-state index contributed by atoms with van der Waals surface area (Å²) in [5, 5.41) is 6.44. The third-order valence-corrected chi connectivity index (χ3v) is 5.61. The van der Waals surface area contributed by atoms with E-state index in [0.717, 1.165) is 16.1 Å². The van der Waals surface area contributed by atoms with Gasteiger partial charge in [0.25, 0.3) is 0 Å². The van der Waals surface area contributed by atoms with Crippen molar-refractivity contribution >= 4 is 22.8 Å². The molecule has 2 aromatic heterocycles. The van der Waals surface area contributed by atoms with Crippen molar-refractivity contribution in [3.63, 3.8) is 0 Å². The van der Waals surface area contributed by atoms with Crippen molar-refractivity contribution in [2.45, 2.75) is 17.2 Å². The van der Waals surface area contributed by atoms with Crippen LogP contribution in [0.2, 0.25) is 0 Å². The molecule has 0 bridgehead atoms. The highest BCUT2D eigenvalue weighted by atomic mass is 32.2. The highest BCUT2D eigenvalue weighted by molar-refractivity contribution is 7.99. The van der Waals surface area contributed by atoms with E-state index in [0.29, 0.717) is 0 Å². The summed E-state index contributed by atoms with van der Waals surface area (Å²) >= 11 is 1.75. The van der Waals surface area contributed by atoms with Crippen LogP contribution in [0.5, 0.6) is 0 Å². The molecule has 0 amide bonds. The fourth-order valence-corrected chi connectivity index (χ4v) is 4.25. The molecule has 124 valence electrons. The molecular weight excluding hydrogens is 328 g/mol. The van der Waals surface area contributed by atoms with Gasteiger partial charge in [-0.25, -0.2) is 9.97 Å². The molecule has 0 N–H and O–H groups in total. The van der Waals surface area contributed by atoms with E-state index in [9.17, 15) is 0 Å². The van der Waals surface area contributed by atoms with Crippen LogP contribution in [0.4, 0.5) is 0 Å². The van der Waals surface area contributed by atoms with E-state index in [1.165, 1.54) is 16.7 Å². The zero-order chi connectivity index (χ0) is 17.2. The second-order valence-corrected chi connectivity index (χ2v) is 7.04. The summed E-state index contributed by atoms with van der Waals surface area (Å²) in [6, 6.07) is 19.1. The molecule has 2 aromatic carbocycles. The van der Waals surface area contributed by atoms with Crippen LogP contribution in [0.25, 0.3) is 11.0 Å². The van der Waals surface area contributed by atoms with Crippen molar-refractivity contribution in [1.82, 2.24) is 19.7 Å². The van der Waals surface area contributed by atoms with Crippen molar-refractivity contribution < 1.29 is 0 Å². The Morgan fingerprint density at radius 1 is 0.960 bits per heavy atom. The lowest BCUT2D eigenvalue weighted by molar-refractivity contribution is 0.784. The van der Waals surface area contributed by atoms with Crippen LogP contribution < -0.4 is 0 Å². The molecule has 2 heterocycles. The minimum atomic E-state index is 0.167. The first-order valence-electron chi connectivity index (χ1n) is 8.14. The Bertz CT molecular complexity index is 1010. The predicted molar refractivity (Wildman–Crippen MR) is 102 cm³/mol. The number of benzene rings is 2. The normalized spacial score (nSPS) is 12.4. The van der Waals surface area contributed by atoms with Crippen LogP contribution in [0.3, 0.4) is 0 Å². The lowest BCUT2D eigenvalue weighted by Crippen LogP contribution is -2.00. The fraction of sp³-hybridized carbons (Fsp3) is 0.150. The Kier molecular flexibility index (Phi) is 4.24. The highest BCUT2D eigenvalue weighted by Gasteiger charge is 2.20. The molecule has 0 saturated carbocycles. The number of aromatic nitrogens is 4. The number of fused-ring (bicyclic) bond motifs is 1. The minimum absolute atomic E-state index is 0.167. The third-order valence-electron chi connectivity index (χ3n) is 4.30. The molecule has 4 rings (SSSR count). The first-order valence-corrected chi connectivity index (χ1v) is 9.02. The maximum atomic E-state index is 4.54. The van der Waals surface area contributed by atoms with Crippen molar-refractivity contribution in [3.8, 4) is 0 Å². The van der Waals surface area contributed by atoms with E-state index in [2.05, 4.69) is 70.5 Å². The second-order valence-electron chi connectivity index (χ2n) is 5.95. The summed E-state index contributed by atoms with van der Waals surface area (Å²) < 4.78 is 1.78. The van der Waals surface area contributed by atoms with Gasteiger partial charge in [0.1, 0.15) is 11.4 Å². The Hall–Kier alpha value is -2.66. The molecule has 0 spiro atoms. The SMILES string of the molecule is Cc1ccccc1[C@@H](Sc1ncnc2c1cnn2C)c1ccccc1. The molecule has 0 fully saturated rings. The topological polar surface area (TPSA) is 43.6 Å². The number of aryl methyl sites for hydroxylation is 2. The number of nitrogens with zero attached hydrogens (tertiary/aromatic N) is 4. The van der Waals surface area contributed by atoms with Crippen molar-refractivity contribution in [2.24, 2.45) is 7.05 Å². The third kappa shape index (κ3) is 3.03. The molecule has 0 unspecified atom stereocenters. The zero-order valence-corrected chi connectivity index (χ0v) is 14.9. The van der Waals surface area contributed by atoms with Gasteiger partial charge in [-0.2, -0.15) is 5.10 Å². The summed E-state index contributed by atoms with van der Waals surface area (Å²) in [5.41, 5.74) is 4.70. The van der Waals surface area contributed by atoms with Gasteiger partial charge >= 0.3 is 0 Å². The van der Waals surface area contributed by atoms with Crippen molar-refractivity contribution in [1.29, 1.82) is 0 Å². The molecule has 4 aromatic rings. The maximum absolute atomic E-state index is 4.54. The van der Waals surface area contributed by atoms with E-state index >= 15 is 0 Å². The van der Waals surface area contributed by atoms with E-state index in [4.69, 9.17) is 0 Å². The molecule has 0 saturated heterocycles. The average molecular weight is 346 g/mol. The molecule has 4 nitrogen and oxygen atoms in total. The number of hydrogen-bond acceptors (Lipinski definition) is 4. The van der Waals surface area contributed by atoms with Crippen LogP contribution in [0.1, 0.15) is 21.9 Å². The number of hydrogen-bond donors (Lipinski definition) is 0. The predicted octanol–water partition coefficient (Wildman–Crippen LogP) is 4.55. The zero-order valence-electron chi connectivity index (χ0n) is 14.1. The molecule has 0 aliphatic heterocycles. The van der Waals surface area contributed by atoms with E-state index in [1.807, 2.05) is 19.3 Å². The standard InChI is InChI=1S/C20H18N4S/c1-14-8-6-7-11-16(14)18(15-9-4-3-5-10-15)25-20-17-12-23-24(2)19(17)21-13-22-20/h3-13,18H,1-2H3/t18-/m0/s1. The monoisotopic (exact) mass is 346 g/mol. The smallest absolute Gasteiger partial charge is 0.162 e. The van der Waals surface area contributed by atoms with Crippen LogP contribution in [0.15, 0.2) is 72.1 Å². The summed E-state index contributed by atoms with van der Waals surface area (Å²) in [6.45, 7) is 2.16. The molecule has 0 aliphatic rings. The summed E-state index contributed by atoms with van der Waals surface area (Å²) in [6.07, 6.45) is 3.46. The first-order chi connectivity index (χ1) is 12.2. The van der Waals surface area contributed by atoms with Gasteiger partial charge in [-0.15, -0.1) is 0 Å².